The maximum absolute atomic E-state index is 11.4. The fourth-order valence-electron chi connectivity index (χ4n) is 2.46. The molecule has 4 nitrogen and oxygen atoms in total. The molecular weight excluding hydrogens is 248 g/mol. The van der Waals surface area contributed by atoms with Crippen LogP contribution in [0.2, 0.25) is 0 Å². The zero-order chi connectivity index (χ0) is 13.0. The van der Waals surface area contributed by atoms with Crippen molar-refractivity contribution in [2.45, 2.75) is 38.0 Å². The second-order valence-corrected chi connectivity index (χ2v) is 5.46. The van der Waals surface area contributed by atoms with Crippen molar-refractivity contribution in [3.05, 3.63) is 16.1 Å². The molecule has 1 aliphatic carbocycles. The fraction of sp³-hybridized carbons (Fsp3) is 0.615. The van der Waals surface area contributed by atoms with E-state index in [4.69, 9.17) is 0 Å². The lowest BCUT2D eigenvalue weighted by molar-refractivity contribution is 0.0594. The van der Waals surface area contributed by atoms with Gasteiger partial charge in [-0.25, -0.2) is 9.78 Å². The number of carbonyl (C=O) groups is 1. The van der Waals surface area contributed by atoms with Crippen LogP contribution in [0.1, 0.15) is 53.5 Å². The van der Waals surface area contributed by atoms with Gasteiger partial charge in [-0.1, -0.05) is 19.3 Å². The molecule has 1 saturated carbocycles. The quantitative estimate of drug-likeness (QED) is 0.787. The third-order valence-corrected chi connectivity index (χ3v) is 4.37. The number of nitriles is 1. The number of rotatable bonds is 3. The van der Waals surface area contributed by atoms with Crippen molar-refractivity contribution in [2.24, 2.45) is 5.92 Å². The Kier molecular flexibility index (Phi) is 4.32. The monoisotopic (exact) mass is 264 g/mol. The highest BCUT2D eigenvalue weighted by Crippen LogP contribution is 2.36. The largest absolute Gasteiger partial charge is 0.464 e. The van der Waals surface area contributed by atoms with Crippen molar-refractivity contribution in [3.8, 4) is 6.07 Å². The van der Waals surface area contributed by atoms with Crippen LogP contribution < -0.4 is 0 Å². The van der Waals surface area contributed by atoms with Gasteiger partial charge < -0.3 is 4.74 Å². The molecule has 2 rings (SSSR count). The van der Waals surface area contributed by atoms with Crippen molar-refractivity contribution in [2.75, 3.05) is 7.11 Å². The molecule has 0 bridgehead atoms. The van der Waals surface area contributed by atoms with Crippen molar-refractivity contribution in [1.29, 1.82) is 5.26 Å². The lowest BCUT2D eigenvalue weighted by Crippen LogP contribution is -2.15. The predicted octanol–water partition coefficient (Wildman–Crippen LogP) is 3.12. The number of aromatic nitrogens is 1. The molecular formula is C13H16N2O2S. The predicted molar refractivity (Wildman–Crippen MR) is 68.4 cm³/mol. The Morgan fingerprint density at radius 1 is 1.56 bits per heavy atom. The standard InChI is InChI=1S/C13H16N2O2S/c1-17-13(16)11-8-18-12(15-11)10(7-14)9-5-3-2-4-6-9/h8-10H,2-6H2,1H3. The van der Waals surface area contributed by atoms with Gasteiger partial charge in [0.15, 0.2) is 5.69 Å². The second kappa shape index (κ2) is 5.96. The van der Waals surface area contributed by atoms with E-state index in [1.807, 2.05) is 0 Å². The van der Waals surface area contributed by atoms with Gasteiger partial charge in [0.05, 0.1) is 13.2 Å². The Hall–Kier alpha value is -1.41. The van der Waals surface area contributed by atoms with Crippen molar-refractivity contribution in [1.82, 2.24) is 4.98 Å². The average molecular weight is 264 g/mol. The van der Waals surface area contributed by atoms with E-state index in [0.717, 1.165) is 17.8 Å². The molecule has 1 fully saturated rings. The van der Waals surface area contributed by atoms with Crippen LogP contribution in [-0.4, -0.2) is 18.1 Å². The molecule has 0 spiro atoms. The zero-order valence-corrected chi connectivity index (χ0v) is 11.2. The van der Waals surface area contributed by atoms with Crippen LogP contribution in [0.3, 0.4) is 0 Å². The highest BCUT2D eigenvalue weighted by molar-refractivity contribution is 7.10. The molecule has 18 heavy (non-hydrogen) atoms. The normalized spacial score (nSPS) is 18.0. The number of hydrogen-bond acceptors (Lipinski definition) is 5. The Labute approximate surface area is 111 Å². The van der Waals surface area contributed by atoms with E-state index < -0.39 is 5.97 Å². The lowest BCUT2D eigenvalue weighted by Gasteiger charge is -2.24. The van der Waals surface area contributed by atoms with E-state index in [2.05, 4.69) is 15.8 Å². The summed E-state index contributed by atoms with van der Waals surface area (Å²) in [6.07, 6.45) is 5.83. The van der Waals surface area contributed by atoms with Crippen LogP contribution in [0, 0.1) is 17.2 Å². The minimum absolute atomic E-state index is 0.172. The van der Waals surface area contributed by atoms with Crippen LogP contribution in [-0.2, 0) is 4.74 Å². The van der Waals surface area contributed by atoms with Gasteiger partial charge >= 0.3 is 5.97 Å². The van der Waals surface area contributed by atoms with Crippen LogP contribution in [0.5, 0.6) is 0 Å². The van der Waals surface area contributed by atoms with Gasteiger partial charge in [-0.15, -0.1) is 11.3 Å². The maximum atomic E-state index is 11.4. The highest BCUT2D eigenvalue weighted by Gasteiger charge is 2.28. The molecule has 1 aromatic heterocycles. The lowest BCUT2D eigenvalue weighted by atomic mass is 9.81. The van der Waals surface area contributed by atoms with Gasteiger partial charge in [-0.3, -0.25) is 0 Å². The first kappa shape index (κ1) is 13.0. The first-order valence-corrected chi connectivity index (χ1v) is 7.07. The van der Waals surface area contributed by atoms with E-state index in [9.17, 15) is 10.1 Å². The first-order valence-electron chi connectivity index (χ1n) is 6.19. The number of esters is 1. The summed E-state index contributed by atoms with van der Waals surface area (Å²) in [5.41, 5.74) is 0.313. The number of thiazole rings is 1. The molecule has 96 valence electrons. The molecule has 0 saturated heterocycles. The first-order chi connectivity index (χ1) is 8.76. The Morgan fingerprint density at radius 3 is 2.89 bits per heavy atom. The molecule has 1 aliphatic rings. The third-order valence-electron chi connectivity index (χ3n) is 3.44. The number of nitrogens with zero attached hydrogens (tertiary/aromatic N) is 2. The number of hydrogen-bond donors (Lipinski definition) is 0. The Balaban J connectivity index is 2.15. The molecule has 1 heterocycles. The van der Waals surface area contributed by atoms with Crippen molar-refractivity contribution in [3.63, 3.8) is 0 Å². The number of methoxy groups -OCH3 is 1. The van der Waals surface area contributed by atoms with Crippen LogP contribution in [0.4, 0.5) is 0 Å². The van der Waals surface area contributed by atoms with Gasteiger partial charge in [0.2, 0.25) is 0 Å². The van der Waals surface area contributed by atoms with Crippen molar-refractivity contribution >= 4 is 17.3 Å². The minimum Gasteiger partial charge on any atom is -0.464 e. The molecule has 0 N–H and O–H groups in total. The van der Waals surface area contributed by atoms with Gasteiger partial charge in [0, 0.05) is 5.38 Å². The van der Waals surface area contributed by atoms with Gasteiger partial charge in [-0.05, 0) is 18.8 Å². The second-order valence-electron chi connectivity index (χ2n) is 4.57. The number of ether oxygens (including phenoxy) is 1. The van der Waals surface area contributed by atoms with Gasteiger partial charge in [0.25, 0.3) is 0 Å². The van der Waals surface area contributed by atoms with E-state index >= 15 is 0 Å². The zero-order valence-electron chi connectivity index (χ0n) is 10.4. The molecule has 0 radical (unpaired) electrons. The minimum atomic E-state index is -0.433. The van der Waals surface area contributed by atoms with Crippen LogP contribution in [0.15, 0.2) is 5.38 Å². The molecule has 1 unspecified atom stereocenters. The number of carbonyl (C=O) groups excluding carboxylic acids is 1. The molecule has 0 aromatic carbocycles. The fourth-order valence-corrected chi connectivity index (χ4v) is 3.38. The maximum Gasteiger partial charge on any atom is 0.357 e. The summed E-state index contributed by atoms with van der Waals surface area (Å²) in [5.74, 6) is -0.216. The van der Waals surface area contributed by atoms with E-state index in [0.29, 0.717) is 11.6 Å². The molecule has 0 amide bonds. The summed E-state index contributed by atoms with van der Waals surface area (Å²) < 4.78 is 4.63. The average Bonchev–Trinajstić information content (AvgIpc) is 2.89. The van der Waals surface area contributed by atoms with E-state index in [-0.39, 0.29) is 5.92 Å². The summed E-state index contributed by atoms with van der Waals surface area (Å²) in [6, 6.07) is 2.35. The SMILES string of the molecule is COC(=O)c1csc(C(C#N)C2CCCCC2)n1. The molecule has 0 aliphatic heterocycles. The van der Waals surface area contributed by atoms with Crippen LogP contribution >= 0.6 is 11.3 Å². The highest BCUT2D eigenvalue weighted by atomic mass is 32.1. The summed E-state index contributed by atoms with van der Waals surface area (Å²) in [7, 11) is 1.34. The Morgan fingerprint density at radius 2 is 2.28 bits per heavy atom. The van der Waals surface area contributed by atoms with E-state index in [1.54, 1.807) is 5.38 Å². The summed E-state index contributed by atoms with van der Waals surface area (Å²) in [4.78, 5) is 15.6. The third kappa shape index (κ3) is 2.70. The molecule has 1 atom stereocenters. The van der Waals surface area contributed by atoms with Gasteiger partial charge in [-0.2, -0.15) is 5.26 Å². The summed E-state index contributed by atoms with van der Waals surface area (Å²) >= 11 is 1.39. The topological polar surface area (TPSA) is 63.0 Å². The summed E-state index contributed by atoms with van der Waals surface area (Å²) in [5, 5.41) is 11.8. The Bertz CT molecular complexity index is 458. The van der Waals surface area contributed by atoms with Crippen molar-refractivity contribution < 1.29 is 9.53 Å². The van der Waals surface area contributed by atoms with Crippen LogP contribution in [0.25, 0.3) is 0 Å². The summed E-state index contributed by atoms with van der Waals surface area (Å²) in [6.45, 7) is 0. The van der Waals surface area contributed by atoms with Gasteiger partial charge in [0.1, 0.15) is 10.9 Å². The smallest absolute Gasteiger partial charge is 0.357 e. The molecule has 5 heteroatoms. The van der Waals surface area contributed by atoms with E-state index in [1.165, 1.54) is 37.7 Å². The molecule has 1 aromatic rings.